The molecule has 2 fully saturated rings. The van der Waals surface area contributed by atoms with Gasteiger partial charge in [-0.25, -0.2) is 0 Å². The SMILES string of the molecule is CCCCC(=O)N(C)[C@]1(C(=O)N[C@H](Cc2ccccc2)C(=O)N[C@@H](CCCNC(=N)N)C(=O)N[C@@H](Cc2c[nH]c3ccccc23)C(=O)NCC(N)=O)CC[C@H](C2CCCCC2)CC1. The van der Waals surface area contributed by atoms with E-state index in [1.807, 2.05) is 61.5 Å². The van der Waals surface area contributed by atoms with Gasteiger partial charge in [0.1, 0.15) is 23.7 Å². The lowest BCUT2D eigenvalue weighted by Gasteiger charge is -2.47. The average Bonchev–Trinajstić information content (AvgIpc) is 3.70. The number of hydrogen-bond donors (Lipinski definition) is 9. The molecule has 2 aliphatic carbocycles. The normalized spacial score (nSPS) is 19.2. The standard InChI is InChI=1S/C47H68N10O6/c1-3-4-21-41(59)57(2)47(24-22-33(23-25-47)32-16-9-6-10-17-32)45(63)56-38(27-31-14-7-5-8-15-31)44(62)54-37(20-13-26-51-46(49)50)43(61)55-39(42(60)53-30-40(48)58)28-34-29-52-36-19-12-11-18-35(34)36/h5,7-8,11-12,14-15,18-19,29,32-33,37-39,52H,3-4,6,9-10,13,16-17,20-28,30H2,1-2H3,(H2,48,58)(H,53,60)(H,54,62)(H,55,61)(H,56,63)(H4,49,50,51)/t33-,37-,38+,39-,47+/m0/s1. The van der Waals surface area contributed by atoms with E-state index >= 15 is 0 Å². The molecular formula is C47H68N10O6. The van der Waals surface area contributed by atoms with E-state index < -0.39 is 59.7 Å². The summed E-state index contributed by atoms with van der Waals surface area (Å²) in [5, 5.41) is 22.4. The zero-order chi connectivity index (χ0) is 45.4. The first-order chi connectivity index (χ1) is 30.3. The summed E-state index contributed by atoms with van der Waals surface area (Å²) < 4.78 is 0. The van der Waals surface area contributed by atoms with Gasteiger partial charge in [-0.1, -0.05) is 94.0 Å². The zero-order valence-electron chi connectivity index (χ0n) is 36.9. The number of likely N-dealkylation sites (N-methyl/N-ethyl adjacent to an activating group) is 1. The molecule has 1 aromatic heterocycles. The lowest BCUT2D eigenvalue weighted by atomic mass is 9.67. The van der Waals surface area contributed by atoms with Crippen LogP contribution in [0.15, 0.2) is 60.8 Å². The number of nitrogens with zero attached hydrogens (tertiary/aromatic N) is 1. The van der Waals surface area contributed by atoms with Crippen molar-refractivity contribution in [2.75, 3.05) is 20.1 Å². The van der Waals surface area contributed by atoms with Crippen LogP contribution in [0.25, 0.3) is 10.9 Å². The first kappa shape index (κ1) is 48.1. The fraction of sp³-hybridized carbons (Fsp3) is 0.553. The molecule has 11 N–H and O–H groups in total. The molecule has 0 aliphatic heterocycles. The molecule has 0 unspecified atom stereocenters. The molecular weight excluding hydrogens is 801 g/mol. The van der Waals surface area contributed by atoms with Crippen LogP contribution in [0.4, 0.5) is 0 Å². The molecule has 3 aromatic rings. The second-order valence-corrected chi connectivity index (χ2v) is 17.4. The fourth-order valence-corrected chi connectivity index (χ4v) is 9.37. The second-order valence-electron chi connectivity index (χ2n) is 17.4. The molecule has 2 aliphatic rings. The van der Waals surface area contributed by atoms with Gasteiger partial charge in [0.2, 0.25) is 35.4 Å². The van der Waals surface area contributed by atoms with Crippen LogP contribution < -0.4 is 38.1 Å². The van der Waals surface area contributed by atoms with Crippen molar-refractivity contribution in [1.29, 1.82) is 5.41 Å². The van der Waals surface area contributed by atoms with Crippen LogP contribution in [0.2, 0.25) is 0 Å². The van der Waals surface area contributed by atoms with Gasteiger partial charge in [0.25, 0.3) is 0 Å². The summed E-state index contributed by atoms with van der Waals surface area (Å²) in [4.78, 5) is 87.6. The van der Waals surface area contributed by atoms with Crippen molar-refractivity contribution in [2.45, 2.75) is 133 Å². The largest absolute Gasteiger partial charge is 0.370 e. The van der Waals surface area contributed by atoms with Crippen LogP contribution in [0.1, 0.15) is 108 Å². The lowest BCUT2D eigenvalue weighted by molar-refractivity contribution is -0.150. The Labute approximate surface area is 370 Å². The molecule has 2 saturated carbocycles. The maximum Gasteiger partial charge on any atom is 0.246 e. The van der Waals surface area contributed by atoms with Crippen molar-refractivity contribution in [3.05, 3.63) is 71.9 Å². The number of aromatic nitrogens is 1. The number of benzene rings is 2. The number of amides is 6. The number of nitrogens with one attached hydrogen (secondary N) is 7. The predicted octanol–water partition coefficient (Wildman–Crippen LogP) is 3.43. The van der Waals surface area contributed by atoms with E-state index in [0.29, 0.717) is 43.9 Å². The molecule has 16 nitrogen and oxygen atoms in total. The number of fused-ring (bicyclic) bond motifs is 1. The van der Waals surface area contributed by atoms with E-state index in [0.717, 1.165) is 41.3 Å². The summed E-state index contributed by atoms with van der Waals surface area (Å²) in [5.41, 5.74) is 12.0. The highest BCUT2D eigenvalue weighted by Gasteiger charge is 2.49. The minimum atomic E-state index is -1.20. The Kier molecular flexibility index (Phi) is 17.9. The van der Waals surface area contributed by atoms with Gasteiger partial charge in [0.15, 0.2) is 5.96 Å². The lowest BCUT2D eigenvalue weighted by Crippen LogP contribution is -2.64. The highest BCUT2D eigenvalue weighted by atomic mass is 16.2. The summed E-state index contributed by atoms with van der Waals surface area (Å²) in [6.45, 7) is 1.80. The van der Waals surface area contributed by atoms with Crippen molar-refractivity contribution >= 4 is 52.3 Å². The van der Waals surface area contributed by atoms with Gasteiger partial charge in [0.05, 0.1) is 6.54 Å². The van der Waals surface area contributed by atoms with Gasteiger partial charge in [-0.05, 0) is 74.0 Å². The molecule has 342 valence electrons. The van der Waals surface area contributed by atoms with Crippen LogP contribution in [0.5, 0.6) is 0 Å². The van der Waals surface area contributed by atoms with Crippen molar-refractivity contribution in [3.8, 4) is 0 Å². The van der Waals surface area contributed by atoms with E-state index in [2.05, 4.69) is 31.6 Å². The number of guanidine groups is 1. The van der Waals surface area contributed by atoms with Crippen LogP contribution in [0.3, 0.4) is 0 Å². The van der Waals surface area contributed by atoms with E-state index in [1.54, 1.807) is 18.1 Å². The summed E-state index contributed by atoms with van der Waals surface area (Å²) >= 11 is 0. The number of para-hydroxylation sites is 1. The monoisotopic (exact) mass is 869 g/mol. The molecule has 5 rings (SSSR count). The molecule has 1 heterocycles. The van der Waals surface area contributed by atoms with Crippen molar-refractivity contribution < 1.29 is 28.8 Å². The van der Waals surface area contributed by atoms with Crippen molar-refractivity contribution in [3.63, 3.8) is 0 Å². The van der Waals surface area contributed by atoms with Gasteiger partial charge in [-0.15, -0.1) is 0 Å². The van der Waals surface area contributed by atoms with Crippen molar-refractivity contribution in [2.24, 2.45) is 23.3 Å². The van der Waals surface area contributed by atoms with E-state index in [9.17, 15) is 28.8 Å². The summed E-state index contributed by atoms with van der Waals surface area (Å²) in [5.74, 6) is -2.37. The average molecular weight is 869 g/mol. The van der Waals surface area contributed by atoms with Gasteiger partial charge in [0, 0.05) is 50.0 Å². The highest BCUT2D eigenvalue weighted by molar-refractivity contribution is 5.97. The molecule has 0 radical (unpaired) electrons. The third-order valence-electron chi connectivity index (χ3n) is 13.0. The second kappa shape index (κ2) is 23.5. The van der Waals surface area contributed by atoms with E-state index in [4.69, 9.17) is 16.9 Å². The van der Waals surface area contributed by atoms with Gasteiger partial charge >= 0.3 is 0 Å². The quantitative estimate of drug-likeness (QED) is 0.0410. The Morgan fingerprint density at radius 3 is 2.10 bits per heavy atom. The number of unbranched alkanes of at least 4 members (excludes halogenated alkanes) is 1. The van der Waals surface area contributed by atoms with Crippen LogP contribution in [-0.2, 0) is 41.6 Å². The van der Waals surface area contributed by atoms with E-state index in [1.165, 1.54) is 32.1 Å². The molecule has 0 bridgehead atoms. The number of carbonyl (C=O) groups excluding carboxylic acids is 6. The number of aromatic amines is 1. The van der Waals surface area contributed by atoms with Crippen LogP contribution in [-0.4, -0.2) is 95.1 Å². The number of carbonyl (C=O) groups is 6. The van der Waals surface area contributed by atoms with Crippen molar-refractivity contribution in [1.82, 2.24) is 36.5 Å². The number of rotatable bonds is 22. The summed E-state index contributed by atoms with van der Waals surface area (Å²) in [6, 6.07) is 13.3. The number of primary amides is 1. The Balaban J connectivity index is 1.41. The Morgan fingerprint density at radius 2 is 1.41 bits per heavy atom. The van der Waals surface area contributed by atoms with Gasteiger partial charge < -0.3 is 47.9 Å². The summed E-state index contributed by atoms with van der Waals surface area (Å²) in [7, 11) is 1.71. The maximum atomic E-state index is 14.9. The molecule has 6 amide bonds. The molecule has 2 aromatic carbocycles. The molecule has 16 heteroatoms. The summed E-state index contributed by atoms with van der Waals surface area (Å²) in [6.07, 6.45) is 12.8. The maximum absolute atomic E-state index is 14.9. The third-order valence-corrected chi connectivity index (χ3v) is 13.0. The van der Waals surface area contributed by atoms with E-state index in [-0.39, 0.29) is 37.7 Å². The molecule has 3 atom stereocenters. The minimum Gasteiger partial charge on any atom is -0.370 e. The number of hydrogen-bond acceptors (Lipinski definition) is 7. The zero-order valence-corrected chi connectivity index (χ0v) is 36.9. The topological polar surface area (TPSA) is 257 Å². The van der Waals surface area contributed by atoms with Crippen LogP contribution >= 0.6 is 0 Å². The van der Waals surface area contributed by atoms with Gasteiger partial charge in [-0.2, -0.15) is 0 Å². The Hall–Kier alpha value is -5.93. The predicted molar refractivity (Wildman–Crippen MR) is 243 cm³/mol. The van der Waals surface area contributed by atoms with Gasteiger partial charge in [-0.3, -0.25) is 34.2 Å². The fourth-order valence-electron chi connectivity index (χ4n) is 9.37. The first-order valence-electron chi connectivity index (χ1n) is 22.7. The third kappa shape index (κ3) is 13.5. The van der Waals surface area contributed by atoms with Crippen LogP contribution in [0, 0.1) is 17.2 Å². The number of H-pyrrole nitrogens is 1. The molecule has 0 saturated heterocycles. The molecule has 63 heavy (non-hydrogen) atoms. The first-order valence-corrected chi connectivity index (χ1v) is 22.7. The Bertz CT molecular complexity index is 2020. The number of nitrogens with two attached hydrogens (primary N) is 2. The smallest absolute Gasteiger partial charge is 0.246 e. The molecule has 0 spiro atoms. The minimum absolute atomic E-state index is 0.0494. The Morgan fingerprint density at radius 1 is 0.778 bits per heavy atom. The highest BCUT2D eigenvalue weighted by Crippen LogP contribution is 2.43.